The molecular formula is C22H25ClN4OS. The van der Waals surface area contributed by atoms with Crippen molar-refractivity contribution in [2.24, 2.45) is 5.92 Å². The van der Waals surface area contributed by atoms with Crippen molar-refractivity contribution in [2.45, 2.75) is 32.7 Å². The highest BCUT2D eigenvalue weighted by Gasteiger charge is 2.27. The summed E-state index contributed by atoms with van der Waals surface area (Å²) in [6.07, 6.45) is 3.16. The van der Waals surface area contributed by atoms with E-state index < -0.39 is 0 Å². The summed E-state index contributed by atoms with van der Waals surface area (Å²) in [6.45, 7) is 6.03. The monoisotopic (exact) mass is 428 g/mol. The molecule has 5 nitrogen and oxygen atoms in total. The maximum atomic E-state index is 13.8. The number of likely N-dealkylation sites (N-methyl/N-ethyl adjacent to an activating group) is 1. The minimum Gasteiger partial charge on any atom is -0.342 e. The molecular weight excluding hydrogens is 404 g/mol. The normalized spacial score (nSPS) is 18.4. The fourth-order valence-corrected chi connectivity index (χ4v) is 5.81. The van der Waals surface area contributed by atoms with Crippen molar-refractivity contribution < 1.29 is 0 Å². The van der Waals surface area contributed by atoms with Gasteiger partial charge in [0.15, 0.2) is 0 Å². The Balaban J connectivity index is 1.74. The first-order valence-electron chi connectivity index (χ1n) is 10.3. The van der Waals surface area contributed by atoms with Crippen LogP contribution in [0.15, 0.2) is 29.1 Å². The van der Waals surface area contributed by atoms with Gasteiger partial charge in [0, 0.05) is 36.1 Å². The second-order valence-corrected chi connectivity index (χ2v) is 9.89. The number of halogens is 1. The Morgan fingerprint density at radius 1 is 1.14 bits per heavy atom. The van der Waals surface area contributed by atoms with E-state index in [4.69, 9.17) is 16.6 Å². The fourth-order valence-electron chi connectivity index (χ4n) is 4.40. The van der Waals surface area contributed by atoms with Crippen LogP contribution in [0.3, 0.4) is 0 Å². The average Bonchev–Trinajstić information content (AvgIpc) is 3.07. The van der Waals surface area contributed by atoms with Crippen LogP contribution in [0.25, 0.3) is 15.9 Å². The van der Waals surface area contributed by atoms with Gasteiger partial charge in [-0.15, -0.1) is 11.3 Å². The van der Waals surface area contributed by atoms with Crippen LogP contribution in [0.4, 0.5) is 5.95 Å². The summed E-state index contributed by atoms with van der Waals surface area (Å²) in [6, 6.07) is 7.51. The SMILES string of the molecule is CC1CCN(c2nc3sc4c(c3c(=O)n2-c2ccc(Cl)cc2)CCN(C)C4)CC1. The van der Waals surface area contributed by atoms with Crippen LogP contribution in [0.5, 0.6) is 0 Å². The van der Waals surface area contributed by atoms with E-state index in [0.29, 0.717) is 5.02 Å². The van der Waals surface area contributed by atoms with Crippen LogP contribution in [0, 0.1) is 5.92 Å². The van der Waals surface area contributed by atoms with E-state index >= 15 is 0 Å². The lowest BCUT2D eigenvalue weighted by Crippen LogP contribution is -2.38. The third-order valence-corrected chi connectivity index (χ3v) is 7.56. The molecule has 0 N–H and O–H groups in total. The predicted molar refractivity (Wildman–Crippen MR) is 121 cm³/mol. The van der Waals surface area contributed by atoms with E-state index in [9.17, 15) is 4.79 Å². The number of fused-ring (bicyclic) bond motifs is 3. The summed E-state index contributed by atoms with van der Waals surface area (Å²) in [5.74, 6) is 1.49. The van der Waals surface area contributed by atoms with Gasteiger partial charge < -0.3 is 9.80 Å². The molecule has 0 atom stereocenters. The summed E-state index contributed by atoms with van der Waals surface area (Å²) in [7, 11) is 2.13. The highest BCUT2D eigenvalue weighted by molar-refractivity contribution is 7.18. The molecule has 0 amide bonds. The Labute approximate surface area is 179 Å². The van der Waals surface area contributed by atoms with Gasteiger partial charge in [-0.3, -0.25) is 4.79 Å². The maximum Gasteiger partial charge on any atom is 0.268 e. The van der Waals surface area contributed by atoms with E-state index in [-0.39, 0.29) is 5.56 Å². The van der Waals surface area contributed by atoms with Crippen LogP contribution in [0.2, 0.25) is 5.02 Å². The minimum absolute atomic E-state index is 0.0491. The van der Waals surface area contributed by atoms with Crippen LogP contribution in [-0.2, 0) is 13.0 Å². The Bertz CT molecular complexity index is 1110. The molecule has 0 aliphatic carbocycles. The molecule has 29 heavy (non-hydrogen) atoms. The molecule has 4 heterocycles. The Morgan fingerprint density at radius 2 is 1.86 bits per heavy atom. The first-order chi connectivity index (χ1) is 14.0. The number of aromatic nitrogens is 2. The molecule has 1 fully saturated rings. The summed E-state index contributed by atoms with van der Waals surface area (Å²) in [4.78, 5) is 25.6. The number of rotatable bonds is 2. The lowest BCUT2D eigenvalue weighted by molar-refractivity contribution is 0.318. The lowest BCUT2D eigenvalue weighted by Gasteiger charge is -2.32. The second-order valence-electron chi connectivity index (χ2n) is 8.37. The first kappa shape index (κ1) is 19.1. The minimum atomic E-state index is 0.0491. The molecule has 2 aliphatic heterocycles. The van der Waals surface area contributed by atoms with Crippen molar-refractivity contribution in [1.82, 2.24) is 14.5 Å². The Hall–Kier alpha value is -1.89. The maximum absolute atomic E-state index is 13.8. The number of benzene rings is 1. The van der Waals surface area contributed by atoms with Crippen LogP contribution < -0.4 is 10.5 Å². The van der Waals surface area contributed by atoms with Crippen molar-refractivity contribution in [2.75, 3.05) is 31.6 Å². The van der Waals surface area contributed by atoms with Crippen molar-refractivity contribution in [3.63, 3.8) is 0 Å². The lowest BCUT2D eigenvalue weighted by atomic mass is 9.99. The number of hydrogen-bond donors (Lipinski definition) is 0. The summed E-state index contributed by atoms with van der Waals surface area (Å²) < 4.78 is 1.81. The first-order valence-corrected chi connectivity index (χ1v) is 11.5. The number of piperidine rings is 1. The molecule has 152 valence electrons. The molecule has 2 aliphatic rings. The molecule has 0 unspecified atom stereocenters. The second kappa shape index (κ2) is 7.42. The van der Waals surface area contributed by atoms with Crippen LogP contribution in [0.1, 0.15) is 30.2 Å². The van der Waals surface area contributed by atoms with E-state index in [0.717, 1.165) is 73.2 Å². The van der Waals surface area contributed by atoms with E-state index in [1.54, 1.807) is 15.9 Å². The number of hydrogen-bond acceptors (Lipinski definition) is 5. The third-order valence-electron chi connectivity index (χ3n) is 6.20. The molecule has 0 saturated carbocycles. The molecule has 5 rings (SSSR count). The quantitative estimate of drug-likeness (QED) is 0.609. The van der Waals surface area contributed by atoms with E-state index in [1.807, 2.05) is 24.3 Å². The van der Waals surface area contributed by atoms with E-state index in [1.165, 1.54) is 10.4 Å². The summed E-state index contributed by atoms with van der Waals surface area (Å²) in [5.41, 5.74) is 2.07. The van der Waals surface area contributed by atoms with Gasteiger partial charge in [0.05, 0.1) is 11.1 Å². The highest BCUT2D eigenvalue weighted by Crippen LogP contribution is 2.34. The van der Waals surface area contributed by atoms with Crippen molar-refractivity contribution in [3.05, 3.63) is 50.1 Å². The number of thiophene rings is 1. The molecule has 2 aromatic heterocycles. The topological polar surface area (TPSA) is 41.4 Å². The molecule has 0 spiro atoms. The molecule has 3 aromatic rings. The van der Waals surface area contributed by atoms with Crippen molar-refractivity contribution >= 4 is 39.1 Å². The zero-order valence-corrected chi connectivity index (χ0v) is 18.4. The number of nitrogens with zero attached hydrogens (tertiary/aromatic N) is 4. The molecule has 7 heteroatoms. The molecule has 1 saturated heterocycles. The van der Waals surface area contributed by atoms with Gasteiger partial charge in [0.25, 0.3) is 5.56 Å². The van der Waals surface area contributed by atoms with Gasteiger partial charge in [0.2, 0.25) is 5.95 Å². The molecule has 0 bridgehead atoms. The van der Waals surface area contributed by atoms with Gasteiger partial charge >= 0.3 is 0 Å². The van der Waals surface area contributed by atoms with Gasteiger partial charge in [-0.05, 0) is 62.1 Å². The summed E-state index contributed by atoms with van der Waals surface area (Å²) in [5, 5.41) is 1.47. The van der Waals surface area contributed by atoms with Crippen molar-refractivity contribution in [1.29, 1.82) is 0 Å². The van der Waals surface area contributed by atoms with Crippen LogP contribution in [-0.4, -0.2) is 41.1 Å². The van der Waals surface area contributed by atoms with Gasteiger partial charge in [-0.2, -0.15) is 0 Å². The van der Waals surface area contributed by atoms with Gasteiger partial charge in [-0.1, -0.05) is 18.5 Å². The predicted octanol–water partition coefficient (Wildman–Crippen LogP) is 4.32. The Morgan fingerprint density at radius 3 is 2.59 bits per heavy atom. The van der Waals surface area contributed by atoms with E-state index in [2.05, 4.69) is 23.8 Å². The smallest absolute Gasteiger partial charge is 0.268 e. The number of anilines is 1. The van der Waals surface area contributed by atoms with Gasteiger partial charge in [-0.25, -0.2) is 9.55 Å². The highest BCUT2D eigenvalue weighted by atomic mass is 35.5. The van der Waals surface area contributed by atoms with Gasteiger partial charge in [0.1, 0.15) is 4.83 Å². The zero-order valence-electron chi connectivity index (χ0n) is 16.8. The standard InChI is InChI=1S/C22H25ClN4OS/c1-14-7-11-26(12-8-14)22-24-20-19(17-9-10-25(2)13-18(17)29-20)21(28)27(22)16-5-3-15(23)4-6-16/h3-6,14H,7-13H2,1-2H3. The largest absolute Gasteiger partial charge is 0.342 e. The third kappa shape index (κ3) is 3.37. The summed E-state index contributed by atoms with van der Waals surface area (Å²) >= 11 is 7.80. The van der Waals surface area contributed by atoms with Crippen molar-refractivity contribution in [3.8, 4) is 5.69 Å². The van der Waals surface area contributed by atoms with Crippen LogP contribution >= 0.6 is 22.9 Å². The Kier molecular flexibility index (Phi) is 4.88. The average molecular weight is 429 g/mol. The molecule has 0 radical (unpaired) electrons. The molecule has 1 aromatic carbocycles. The fraction of sp³-hybridized carbons (Fsp3) is 0.455. The zero-order chi connectivity index (χ0) is 20.1.